The zero-order chi connectivity index (χ0) is 15.4. The van der Waals surface area contributed by atoms with E-state index in [-0.39, 0.29) is 12.7 Å². The van der Waals surface area contributed by atoms with E-state index >= 15 is 0 Å². The number of hydrogen-bond donors (Lipinski definition) is 2. The topological polar surface area (TPSA) is 56.2 Å². The summed E-state index contributed by atoms with van der Waals surface area (Å²) in [4.78, 5) is 4.58. The monoisotopic (exact) mass is 312 g/mol. The Labute approximate surface area is 134 Å². The van der Waals surface area contributed by atoms with Crippen molar-refractivity contribution in [1.82, 2.24) is 9.80 Å². The van der Waals surface area contributed by atoms with Gasteiger partial charge in [-0.15, -0.1) is 0 Å². The van der Waals surface area contributed by atoms with E-state index in [0.29, 0.717) is 13.2 Å². The number of β-amino-alcohol motifs (C(OH)–C–C–N with tert-alkyl or cyclic N) is 2. The van der Waals surface area contributed by atoms with Crippen molar-refractivity contribution >= 4 is 0 Å². The Kier molecular flexibility index (Phi) is 6.10. The third kappa shape index (κ3) is 4.42. The molecule has 0 amide bonds. The molecule has 128 valence electrons. The van der Waals surface area contributed by atoms with Gasteiger partial charge in [0.1, 0.15) is 0 Å². The molecule has 2 N–H and O–H groups in total. The van der Waals surface area contributed by atoms with Gasteiger partial charge < -0.3 is 14.9 Å². The Hall–Kier alpha value is -0.200. The first kappa shape index (κ1) is 16.7. The minimum Gasteiger partial charge on any atom is -0.395 e. The van der Waals surface area contributed by atoms with Crippen LogP contribution in [-0.4, -0.2) is 85.2 Å². The van der Waals surface area contributed by atoms with E-state index in [4.69, 9.17) is 9.84 Å². The SMILES string of the molecule is OCCN1CCN(C[C@H](O)COC[C@H]2C[C@H]3CC[C@H]2C3)CC1. The fourth-order valence-electron chi connectivity index (χ4n) is 4.62. The largest absolute Gasteiger partial charge is 0.395 e. The lowest BCUT2D eigenvalue weighted by atomic mass is 9.90. The third-order valence-corrected chi connectivity index (χ3v) is 5.88. The van der Waals surface area contributed by atoms with Gasteiger partial charge in [0.25, 0.3) is 0 Å². The highest BCUT2D eigenvalue weighted by Gasteiger charge is 2.39. The van der Waals surface area contributed by atoms with E-state index in [9.17, 15) is 5.11 Å². The molecule has 2 saturated carbocycles. The van der Waals surface area contributed by atoms with Crippen LogP contribution in [0, 0.1) is 17.8 Å². The molecule has 1 aliphatic heterocycles. The van der Waals surface area contributed by atoms with Gasteiger partial charge in [-0.25, -0.2) is 0 Å². The highest BCUT2D eigenvalue weighted by atomic mass is 16.5. The summed E-state index contributed by atoms with van der Waals surface area (Å²) in [5.41, 5.74) is 0. The van der Waals surface area contributed by atoms with Crippen LogP contribution in [0.1, 0.15) is 25.7 Å². The fraction of sp³-hybridized carbons (Fsp3) is 1.00. The smallest absolute Gasteiger partial charge is 0.0900 e. The van der Waals surface area contributed by atoms with Crippen molar-refractivity contribution < 1.29 is 14.9 Å². The predicted molar refractivity (Wildman–Crippen MR) is 85.7 cm³/mol. The van der Waals surface area contributed by atoms with Gasteiger partial charge in [-0.1, -0.05) is 6.42 Å². The Morgan fingerprint density at radius 2 is 1.82 bits per heavy atom. The van der Waals surface area contributed by atoms with Gasteiger partial charge in [0.2, 0.25) is 0 Å². The predicted octanol–water partition coefficient (Wildman–Crippen LogP) is 0.410. The number of aliphatic hydroxyl groups is 2. The zero-order valence-corrected chi connectivity index (χ0v) is 13.7. The summed E-state index contributed by atoms with van der Waals surface area (Å²) in [7, 11) is 0. The lowest BCUT2D eigenvalue weighted by molar-refractivity contribution is -0.00919. The maximum Gasteiger partial charge on any atom is 0.0900 e. The van der Waals surface area contributed by atoms with Crippen LogP contribution in [0.3, 0.4) is 0 Å². The van der Waals surface area contributed by atoms with Gasteiger partial charge >= 0.3 is 0 Å². The van der Waals surface area contributed by atoms with E-state index in [2.05, 4.69) is 9.80 Å². The molecule has 0 spiro atoms. The molecule has 2 bridgehead atoms. The summed E-state index contributed by atoms with van der Waals surface area (Å²) in [5, 5.41) is 19.1. The molecular weight excluding hydrogens is 280 g/mol. The maximum absolute atomic E-state index is 10.2. The molecule has 3 fully saturated rings. The molecule has 0 radical (unpaired) electrons. The van der Waals surface area contributed by atoms with E-state index < -0.39 is 0 Å². The molecule has 4 atom stereocenters. The average Bonchev–Trinajstić information content (AvgIpc) is 3.12. The minimum atomic E-state index is -0.372. The molecule has 1 heterocycles. The average molecular weight is 312 g/mol. The Morgan fingerprint density at radius 3 is 2.45 bits per heavy atom. The van der Waals surface area contributed by atoms with E-state index in [1.165, 1.54) is 25.7 Å². The molecule has 5 heteroatoms. The van der Waals surface area contributed by atoms with Crippen LogP contribution >= 0.6 is 0 Å². The lowest BCUT2D eigenvalue weighted by Crippen LogP contribution is -2.49. The van der Waals surface area contributed by atoms with Crippen LogP contribution in [0.4, 0.5) is 0 Å². The van der Waals surface area contributed by atoms with Gasteiger partial charge in [-0.2, -0.15) is 0 Å². The Bertz CT molecular complexity index is 334. The van der Waals surface area contributed by atoms with Crippen molar-refractivity contribution in [1.29, 1.82) is 0 Å². The molecular formula is C17H32N2O3. The number of rotatable bonds is 8. The van der Waals surface area contributed by atoms with Crippen molar-refractivity contribution in [2.24, 2.45) is 17.8 Å². The van der Waals surface area contributed by atoms with Crippen LogP contribution in [-0.2, 0) is 4.74 Å². The summed E-state index contributed by atoms with van der Waals surface area (Å²) in [6, 6.07) is 0. The van der Waals surface area contributed by atoms with Crippen molar-refractivity contribution in [3.63, 3.8) is 0 Å². The highest BCUT2D eigenvalue weighted by Crippen LogP contribution is 2.48. The van der Waals surface area contributed by atoms with Crippen molar-refractivity contribution in [3.05, 3.63) is 0 Å². The third-order valence-electron chi connectivity index (χ3n) is 5.88. The quantitative estimate of drug-likeness (QED) is 0.680. The molecule has 0 aromatic carbocycles. The molecule has 1 saturated heterocycles. The normalized spacial score (nSPS) is 34.4. The molecule has 5 nitrogen and oxygen atoms in total. The summed E-state index contributed by atoms with van der Waals surface area (Å²) in [6.45, 7) is 6.96. The number of fused-ring (bicyclic) bond motifs is 2. The molecule has 0 aromatic rings. The number of aliphatic hydroxyl groups excluding tert-OH is 2. The molecule has 3 rings (SSSR count). The number of piperazine rings is 1. The van der Waals surface area contributed by atoms with Crippen molar-refractivity contribution in [2.75, 3.05) is 59.1 Å². The van der Waals surface area contributed by atoms with E-state index in [1.807, 2.05) is 0 Å². The standard InChI is InChI=1S/C17H32N2O3/c20-8-7-18-3-5-19(6-4-18)11-17(21)13-22-12-16-10-14-1-2-15(16)9-14/h14-17,20-21H,1-13H2/t14-,15-,16+,17-/m0/s1. The summed E-state index contributed by atoms with van der Waals surface area (Å²) in [5.74, 6) is 2.63. The highest BCUT2D eigenvalue weighted by molar-refractivity contribution is 4.89. The number of ether oxygens (including phenoxy) is 1. The first-order valence-corrected chi connectivity index (χ1v) is 9.06. The van der Waals surface area contributed by atoms with E-state index in [1.54, 1.807) is 0 Å². The van der Waals surface area contributed by atoms with Gasteiger partial charge in [0.15, 0.2) is 0 Å². The Morgan fingerprint density at radius 1 is 1.05 bits per heavy atom. The molecule has 2 aliphatic carbocycles. The lowest BCUT2D eigenvalue weighted by Gasteiger charge is -2.35. The second-order valence-electron chi connectivity index (χ2n) is 7.49. The summed E-state index contributed by atoms with van der Waals surface area (Å²) < 4.78 is 5.81. The number of nitrogens with zero attached hydrogens (tertiary/aromatic N) is 2. The van der Waals surface area contributed by atoms with Gasteiger partial charge in [0, 0.05) is 45.9 Å². The Balaban J connectivity index is 1.26. The fourth-order valence-corrected chi connectivity index (χ4v) is 4.62. The molecule has 22 heavy (non-hydrogen) atoms. The summed E-state index contributed by atoms with van der Waals surface area (Å²) in [6.07, 6.45) is 5.25. The molecule has 3 aliphatic rings. The molecule has 0 aromatic heterocycles. The van der Waals surface area contributed by atoms with Gasteiger partial charge in [0.05, 0.1) is 19.3 Å². The van der Waals surface area contributed by atoms with Crippen LogP contribution in [0.2, 0.25) is 0 Å². The van der Waals surface area contributed by atoms with Crippen LogP contribution in [0.5, 0.6) is 0 Å². The van der Waals surface area contributed by atoms with Crippen LogP contribution < -0.4 is 0 Å². The zero-order valence-electron chi connectivity index (χ0n) is 13.7. The van der Waals surface area contributed by atoms with Crippen LogP contribution in [0.25, 0.3) is 0 Å². The van der Waals surface area contributed by atoms with Gasteiger partial charge in [-0.3, -0.25) is 9.80 Å². The molecule has 0 unspecified atom stereocenters. The first-order chi connectivity index (χ1) is 10.7. The van der Waals surface area contributed by atoms with Gasteiger partial charge in [-0.05, 0) is 37.0 Å². The minimum absolute atomic E-state index is 0.236. The second kappa shape index (κ2) is 8.06. The van der Waals surface area contributed by atoms with Crippen molar-refractivity contribution in [2.45, 2.75) is 31.8 Å². The van der Waals surface area contributed by atoms with E-state index in [0.717, 1.165) is 57.1 Å². The number of hydrogen-bond acceptors (Lipinski definition) is 5. The summed E-state index contributed by atoms with van der Waals surface area (Å²) >= 11 is 0. The van der Waals surface area contributed by atoms with Crippen molar-refractivity contribution in [3.8, 4) is 0 Å². The first-order valence-electron chi connectivity index (χ1n) is 9.06. The van der Waals surface area contributed by atoms with Crippen LogP contribution in [0.15, 0.2) is 0 Å². The maximum atomic E-state index is 10.2. The second-order valence-corrected chi connectivity index (χ2v) is 7.49.